The number of thiophene rings is 1. The largest absolute Gasteiger partial charge is 0.462 e. The minimum absolute atomic E-state index is 0.0701. The Kier molecular flexibility index (Phi) is 6.86. The number of carbonyl (C=O) groups is 2. The number of rotatable bonds is 7. The summed E-state index contributed by atoms with van der Waals surface area (Å²) < 4.78 is 33.4. The number of ether oxygens (including phenoxy) is 1. The molecule has 0 fully saturated rings. The fourth-order valence-corrected chi connectivity index (χ4v) is 5.90. The van der Waals surface area contributed by atoms with Crippen LogP contribution in [0.5, 0.6) is 0 Å². The topological polar surface area (TPSA) is 114 Å². The van der Waals surface area contributed by atoms with Gasteiger partial charge in [-0.15, -0.1) is 11.3 Å². The predicted molar refractivity (Wildman–Crippen MR) is 137 cm³/mol. The van der Waals surface area contributed by atoms with Crippen LogP contribution in [-0.2, 0) is 14.8 Å². The Hall–Kier alpha value is -3.76. The summed E-state index contributed by atoms with van der Waals surface area (Å²) >= 11 is 1.14. The van der Waals surface area contributed by atoms with E-state index in [1.807, 2.05) is 19.9 Å². The number of pyridine rings is 1. The average molecular weight is 510 g/mol. The first-order valence-corrected chi connectivity index (χ1v) is 13.1. The number of aromatic nitrogens is 1. The van der Waals surface area contributed by atoms with Crippen LogP contribution in [0.25, 0.3) is 10.2 Å². The predicted octanol–water partition coefficient (Wildman–Crippen LogP) is 5.14. The van der Waals surface area contributed by atoms with Crippen molar-refractivity contribution in [1.82, 2.24) is 4.98 Å². The third-order valence-electron chi connectivity index (χ3n) is 5.16. The van der Waals surface area contributed by atoms with Crippen molar-refractivity contribution in [3.8, 4) is 0 Å². The summed E-state index contributed by atoms with van der Waals surface area (Å²) in [6.45, 7) is 5.60. The first-order chi connectivity index (χ1) is 16.7. The summed E-state index contributed by atoms with van der Waals surface area (Å²) in [5.74, 6) is -1.15. The molecule has 4 rings (SSSR count). The molecule has 0 saturated carbocycles. The molecule has 2 N–H and O–H groups in total. The lowest BCUT2D eigenvalue weighted by atomic mass is 10.1. The van der Waals surface area contributed by atoms with Crippen LogP contribution < -0.4 is 10.0 Å². The maximum Gasteiger partial charge on any atom is 0.350 e. The number of nitrogens with one attached hydrogen (secondary N) is 2. The van der Waals surface area contributed by atoms with Gasteiger partial charge in [0.15, 0.2) is 0 Å². The van der Waals surface area contributed by atoms with Gasteiger partial charge in [-0.2, -0.15) is 0 Å². The maximum absolute atomic E-state index is 13.4. The summed E-state index contributed by atoms with van der Waals surface area (Å²) in [7, 11) is -3.92. The molecular weight excluding hydrogens is 486 g/mol. The molecule has 8 nitrogen and oxygen atoms in total. The van der Waals surface area contributed by atoms with E-state index in [1.165, 1.54) is 24.3 Å². The number of carbonyl (C=O) groups excluding carboxylic acids is 2. The van der Waals surface area contributed by atoms with Crippen molar-refractivity contribution in [2.75, 3.05) is 16.6 Å². The lowest BCUT2D eigenvalue weighted by Crippen LogP contribution is -2.19. The summed E-state index contributed by atoms with van der Waals surface area (Å²) in [4.78, 5) is 31.5. The second kappa shape index (κ2) is 9.85. The van der Waals surface area contributed by atoms with Gasteiger partial charge in [-0.25, -0.2) is 18.2 Å². The number of sulfonamides is 1. The molecule has 0 aliphatic carbocycles. The number of anilines is 2. The lowest BCUT2D eigenvalue weighted by Gasteiger charge is -2.13. The zero-order valence-electron chi connectivity index (χ0n) is 19.3. The smallest absolute Gasteiger partial charge is 0.350 e. The molecule has 2 aromatic carbocycles. The van der Waals surface area contributed by atoms with Crippen molar-refractivity contribution in [2.24, 2.45) is 0 Å². The first-order valence-electron chi connectivity index (χ1n) is 10.8. The van der Waals surface area contributed by atoms with Crippen molar-refractivity contribution < 1.29 is 22.7 Å². The molecule has 0 bridgehead atoms. The highest BCUT2D eigenvalue weighted by atomic mass is 32.2. The van der Waals surface area contributed by atoms with Gasteiger partial charge in [0.2, 0.25) is 0 Å². The third-order valence-corrected chi connectivity index (χ3v) is 7.60. The van der Waals surface area contributed by atoms with E-state index in [4.69, 9.17) is 4.74 Å². The second-order valence-electron chi connectivity index (χ2n) is 7.71. The van der Waals surface area contributed by atoms with Crippen LogP contribution in [0.15, 0.2) is 65.6 Å². The molecule has 35 heavy (non-hydrogen) atoms. The third kappa shape index (κ3) is 5.03. The van der Waals surface area contributed by atoms with E-state index in [0.29, 0.717) is 15.9 Å². The van der Waals surface area contributed by atoms with Gasteiger partial charge in [0.25, 0.3) is 15.9 Å². The molecule has 0 saturated heterocycles. The molecule has 10 heteroatoms. The van der Waals surface area contributed by atoms with Crippen molar-refractivity contribution in [3.05, 3.63) is 82.4 Å². The van der Waals surface area contributed by atoms with Crippen LogP contribution in [-0.4, -0.2) is 31.9 Å². The van der Waals surface area contributed by atoms with E-state index < -0.39 is 21.9 Å². The van der Waals surface area contributed by atoms with Gasteiger partial charge in [0.1, 0.15) is 9.71 Å². The molecule has 0 unspecified atom stereocenters. The minimum Gasteiger partial charge on any atom is -0.462 e. The zero-order valence-corrected chi connectivity index (χ0v) is 20.9. The number of benzene rings is 2. The molecule has 1 amide bonds. The van der Waals surface area contributed by atoms with Gasteiger partial charge in [0.05, 0.1) is 28.4 Å². The van der Waals surface area contributed by atoms with Crippen molar-refractivity contribution in [1.29, 1.82) is 0 Å². The monoisotopic (exact) mass is 509 g/mol. The fourth-order valence-electron chi connectivity index (χ4n) is 3.66. The standard InChI is InChI=1S/C25H23N3O5S2/c1-4-33-25(30)22-21(20-15(2)14-16(3)26-24(20)34-22)27-23(29)18-12-8-9-13-19(18)28-35(31,32)17-10-6-5-7-11-17/h5-14,28H,4H2,1-3H3,(H,27,29). The number of esters is 1. The Morgan fingerprint density at radius 3 is 2.43 bits per heavy atom. The molecule has 0 spiro atoms. The van der Waals surface area contributed by atoms with E-state index in [0.717, 1.165) is 22.6 Å². The summed E-state index contributed by atoms with van der Waals surface area (Å²) in [5, 5.41) is 3.45. The molecular formula is C25H23N3O5S2. The highest BCUT2D eigenvalue weighted by Gasteiger charge is 2.25. The molecule has 2 aromatic heterocycles. The SMILES string of the molecule is CCOC(=O)c1sc2nc(C)cc(C)c2c1NC(=O)c1ccccc1NS(=O)(=O)c1ccccc1. The highest BCUT2D eigenvalue weighted by molar-refractivity contribution is 7.92. The Labute approximate surface area is 207 Å². The van der Waals surface area contributed by atoms with E-state index >= 15 is 0 Å². The van der Waals surface area contributed by atoms with Crippen LogP contribution >= 0.6 is 11.3 Å². The minimum atomic E-state index is -3.92. The first kappa shape index (κ1) is 24.4. The Bertz CT molecular complexity index is 1530. The molecule has 0 atom stereocenters. The number of fused-ring (bicyclic) bond motifs is 1. The summed E-state index contributed by atoms with van der Waals surface area (Å²) in [6.07, 6.45) is 0. The van der Waals surface area contributed by atoms with Crippen molar-refractivity contribution in [3.63, 3.8) is 0 Å². The molecule has 4 aromatic rings. The summed E-state index contributed by atoms with van der Waals surface area (Å²) in [6, 6.07) is 16.0. The van der Waals surface area contributed by atoms with E-state index in [9.17, 15) is 18.0 Å². The summed E-state index contributed by atoms with van der Waals surface area (Å²) in [5.41, 5.74) is 2.12. The number of amides is 1. The number of hydrogen-bond donors (Lipinski definition) is 2. The molecule has 0 aliphatic rings. The Balaban J connectivity index is 1.74. The van der Waals surface area contributed by atoms with Crippen LogP contribution in [0.1, 0.15) is 38.2 Å². The number of hydrogen-bond acceptors (Lipinski definition) is 7. The van der Waals surface area contributed by atoms with E-state index in [1.54, 1.807) is 37.3 Å². The maximum atomic E-state index is 13.4. The highest BCUT2D eigenvalue weighted by Crippen LogP contribution is 2.38. The molecule has 180 valence electrons. The van der Waals surface area contributed by atoms with E-state index in [-0.39, 0.29) is 27.6 Å². The van der Waals surface area contributed by atoms with Gasteiger partial charge in [-0.05, 0) is 56.7 Å². The number of aryl methyl sites for hydroxylation is 2. The quantitative estimate of drug-likeness (QED) is 0.333. The zero-order chi connectivity index (χ0) is 25.2. The molecule has 2 heterocycles. The van der Waals surface area contributed by atoms with Gasteiger partial charge in [-0.3, -0.25) is 9.52 Å². The molecule has 0 radical (unpaired) electrons. The van der Waals surface area contributed by atoms with E-state index in [2.05, 4.69) is 15.0 Å². The normalized spacial score (nSPS) is 11.3. The molecule has 0 aliphatic heterocycles. The number of para-hydroxylation sites is 1. The Morgan fingerprint density at radius 2 is 1.71 bits per heavy atom. The van der Waals surface area contributed by atoms with Crippen molar-refractivity contribution in [2.45, 2.75) is 25.7 Å². The van der Waals surface area contributed by atoms with Crippen LogP contribution in [0.4, 0.5) is 11.4 Å². The van der Waals surface area contributed by atoms with Crippen LogP contribution in [0, 0.1) is 13.8 Å². The second-order valence-corrected chi connectivity index (χ2v) is 10.4. The van der Waals surface area contributed by atoms with Gasteiger partial charge >= 0.3 is 5.97 Å². The number of nitrogens with zero attached hydrogens (tertiary/aromatic N) is 1. The van der Waals surface area contributed by atoms with Gasteiger partial charge in [-0.1, -0.05) is 30.3 Å². The van der Waals surface area contributed by atoms with Gasteiger partial charge < -0.3 is 10.1 Å². The van der Waals surface area contributed by atoms with Crippen LogP contribution in [0.2, 0.25) is 0 Å². The Morgan fingerprint density at radius 1 is 1.03 bits per heavy atom. The van der Waals surface area contributed by atoms with Crippen molar-refractivity contribution >= 4 is 54.8 Å². The van der Waals surface area contributed by atoms with Crippen LogP contribution in [0.3, 0.4) is 0 Å². The van der Waals surface area contributed by atoms with Gasteiger partial charge in [0, 0.05) is 11.1 Å². The fraction of sp³-hybridized carbons (Fsp3) is 0.160. The average Bonchev–Trinajstić information content (AvgIpc) is 3.18. The lowest BCUT2D eigenvalue weighted by molar-refractivity contribution is 0.0533.